The fourth-order valence-corrected chi connectivity index (χ4v) is 2.29. The standard InChI is InChI=1S/C10H16O/c1-8-7-9(8)10(11)5-3-2-4-6-10/h9,11H,1-7H2. The predicted molar refractivity (Wildman–Crippen MR) is 45.3 cm³/mol. The van der Waals surface area contributed by atoms with Gasteiger partial charge in [-0.2, -0.15) is 0 Å². The monoisotopic (exact) mass is 152 g/mol. The Kier molecular flexibility index (Phi) is 1.57. The number of hydrogen-bond acceptors (Lipinski definition) is 1. The highest BCUT2D eigenvalue weighted by Gasteiger charge is 2.46. The molecule has 0 saturated heterocycles. The summed E-state index contributed by atoms with van der Waals surface area (Å²) in [6.45, 7) is 3.91. The molecule has 62 valence electrons. The molecular formula is C10H16O. The molecule has 0 aromatic heterocycles. The van der Waals surface area contributed by atoms with Crippen molar-refractivity contribution in [2.45, 2.75) is 44.1 Å². The first-order valence-electron chi connectivity index (χ1n) is 4.62. The third kappa shape index (κ3) is 1.22. The Morgan fingerprint density at radius 3 is 2.27 bits per heavy atom. The summed E-state index contributed by atoms with van der Waals surface area (Å²) in [5.41, 5.74) is 0.935. The minimum absolute atomic E-state index is 0.338. The van der Waals surface area contributed by atoms with Gasteiger partial charge in [-0.15, -0.1) is 0 Å². The van der Waals surface area contributed by atoms with E-state index in [-0.39, 0.29) is 5.60 Å². The van der Waals surface area contributed by atoms with Crippen LogP contribution in [-0.2, 0) is 0 Å². The van der Waals surface area contributed by atoms with Gasteiger partial charge < -0.3 is 5.11 Å². The first kappa shape index (κ1) is 7.35. The van der Waals surface area contributed by atoms with Crippen LogP contribution in [0.3, 0.4) is 0 Å². The van der Waals surface area contributed by atoms with Crippen molar-refractivity contribution in [1.82, 2.24) is 0 Å². The second kappa shape index (κ2) is 2.34. The molecule has 0 spiro atoms. The largest absolute Gasteiger partial charge is 0.389 e. The van der Waals surface area contributed by atoms with Crippen LogP contribution in [0.5, 0.6) is 0 Å². The van der Waals surface area contributed by atoms with Gasteiger partial charge in [0.05, 0.1) is 5.60 Å². The molecule has 0 radical (unpaired) electrons. The highest BCUT2D eigenvalue weighted by Crippen LogP contribution is 2.50. The lowest BCUT2D eigenvalue weighted by Gasteiger charge is -2.31. The van der Waals surface area contributed by atoms with E-state index >= 15 is 0 Å². The van der Waals surface area contributed by atoms with Crippen LogP contribution >= 0.6 is 0 Å². The van der Waals surface area contributed by atoms with E-state index in [1.807, 2.05) is 0 Å². The molecule has 0 aliphatic heterocycles. The van der Waals surface area contributed by atoms with E-state index in [0.29, 0.717) is 5.92 Å². The van der Waals surface area contributed by atoms with Crippen molar-refractivity contribution in [1.29, 1.82) is 0 Å². The van der Waals surface area contributed by atoms with Gasteiger partial charge in [-0.25, -0.2) is 0 Å². The van der Waals surface area contributed by atoms with Crippen LogP contribution in [0.15, 0.2) is 12.2 Å². The van der Waals surface area contributed by atoms with Crippen LogP contribution in [0.1, 0.15) is 38.5 Å². The summed E-state index contributed by atoms with van der Waals surface area (Å²) in [5, 5.41) is 10.1. The Hall–Kier alpha value is -0.300. The number of hydrogen-bond donors (Lipinski definition) is 1. The lowest BCUT2D eigenvalue weighted by molar-refractivity contribution is -0.0128. The van der Waals surface area contributed by atoms with Gasteiger partial charge in [-0.1, -0.05) is 31.4 Å². The molecule has 1 heteroatoms. The predicted octanol–water partition coefficient (Wildman–Crippen LogP) is 2.26. The highest BCUT2D eigenvalue weighted by atomic mass is 16.3. The number of aliphatic hydroxyl groups is 1. The van der Waals surface area contributed by atoms with Crippen LogP contribution in [0, 0.1) is 5.92 Å². The SMILES string of the molecule is C=C1CC1C1(O)CCCCC1. The normalized spacial score (nSPS) is 35.4. The topological polar surface area (TPSA) is 20.2 Å². The molecular weight excluding hydrogens is 136 g/mol. The van der Waals surface area contributed by atoms with E-state index in [1.54, 1.807) is 0 Å². The first-order valence-corrected chi connectivity index (χ1v) is 4.62. The highest BCUT2D eigenvalue weighted by molar-refractivity contribution is 5.25. The fourth-order valence-electron chi connectivity index (χ4n) is 2.29. The molecule has 0 heterocycles. The van der Waals surface area contributed by atoms with E-state index < -0.39 is 0 Å². The average Bonchev–Trinajstić information content (AvgIpc) is 2.69. The molecule has 2 aliphatic carbocycles. The van der Waals surface area contributed by atoms with E-state index in [2.05, 4.69) is 6.58 Å². The van der Waals surface area contributed by atoms with Crippen molar-refractivity contribution >= 4 is 0 Å². The quantitative estimate of drug-likeness (QED) is 0.571. The summed E-state index contributed by atoms with van der Waals surface area (Å²) in [5.74, 6) is 0.461. The van der Waals surface area contributed by atoms with Crippen LogP contribution in [0.25, 0.3) is 0 Å². The maximum atomic E-state index is 10.1. The minimum atomic E-state index is -0.338. The Bertz CT molecular complexity index is 177. The Morgan fingerprint density at radius 2 is 1.82 bits per heavy atom. The Labute approximate surface area is 68.1 Å². The van der Waals surface area contributed by atoms with Crippen molar-refractivity contribution < 1.29 is 5.11 Å². The zero-order valence-electron chi connectivity index (χ0n) is 6.97. The van der Waals surface area contributed by atoms with Crippen molar-refractivity contribution in [3.8, 4) is 0 Å². The smallest absolute Gasteiger partial charge is 0.0715 e. The van der Waals surface area contributed by atoms with Crippen molar-refractivity contribution in [2.75, 3.05) is 0 Å². The van der Waals surface area contributed by atoms with E-state index in [4.69, 9.17) is 0 Å². The Balaban J connectivity index is 2.02. The van der Waals surface area contributed by atoms with Gasteiger partial charge >= 0.3 is 0 Å². The van der Waals surface area contributed by atoms with E-state index in [1.165, 1.54) is 24.8 Å². The van der Waals surface area contributed by atoms with E-state index in [9.17, 15) is 5.11 Å². The fraction of sp³-hybridized carbons (Fsp3) is 0.800. The molecule has 2 aliphatic rings. The molecule has 0 amide bonds. The van der Waals surface area contributed by atoms with Crippen LogP contribution in [-0.4, -0.2) is 10.7 Å². The van der Waals surface area contributed by atoms with Gasteiger partial charge in [0.1, 0.15) is 0 Å². The maximum absolute atomic E-state index is 10.1. The van der Waals surface area contributed by atoms with Gasteiger partial charge in [-0.05, 0) is 19.3 Å². The molecule has 2 fully saturated rings. The lowest BCUT2D eigenvalue weighted by atomic mass is 9.81. The van der Waals surface area contributed by atoms with Crippen LogP contribution in [0.4, 0.5) is 0 Å². The van der Waals surface area contributed by atoms with Gasteiger partial charge in [0, 0.05) is 5.92 Å². The molecule has 0 aromatic rings. The zero-order chi connectivity index (χ0) is 7.90. The maximum Gasteiger partial charge on any atom is 0.0715 e. The van der Waals surface area contributed by atoms with E-state index in [0.717, 1.165) is 19.3 Å². The van der Waals surface area contributed by atoms with Gasteiger partial charge in [-0.3, -0.25) is 0 Å². The molecule has 1 atom stereocenters. The molecule has 11 heavy (non-hydrogen) atoms. The lowest BCUT2D eigenvalue weighted by Crippen LogP contribution is -2.33. The molecule has 1 nitrogen and oxygen atoms in total. The minimum Gasteiger partial charge on any atom is -0.389 e. The molecule has 2 rings (SSSR count). The summed E-state index contributed by atoms with van der Waals surface area (Å²) in [7, 11) is 0. The average molecular weight is 152 g/mol. The molecule has 0 bridgehead atoms. The van der Waals surface area contributed by atoms with Gasteiger partial charge in [0.15, 0.2) is 0 Å². The van der Waals surface area contributed by atoms with Crippen LogP contribution < -0.4 is 0 Å². The molecule has 1 N–H and O–H groups in total. The van der Waals surface area contributed by atoms with Gasteiger partial charge in [0.2, 0.25) is 0 Å². The first-order chi connectivity index (χ1) is 5.22. The molecule has 2 saturated carbocycles. The zero-order valence-corrected chi connectivity index (χ0v) is 6.97. The Morgan fingerprint density at radius 1 is 1.27 bits per heavy atom. The summed E-state index contributed by atoms with van der Waals surface area (Å²) in [4.78, 5) is 0. The summed E-state index contributed by atoms with van der Waals surface area (Å²) in [6.07, 6.45) is 6.83. The van der Waals surface area contributed by atoms with Crippen molar-refractivity contribution in [3.05, 3.63) is 12.2 Å². The third-order valence-electron chi connectivity index (χ3n) is 3.17. The van der Waals surface area contributed by atoms with Crippen molar-refractivity contribution in [3.63, 3.8) is 0 Å². The van der Waals surface area contributed by atoms with Crippen molar-refractivity contribution in [2.24, 2.45) is 5.92 Å². The summed E-state index contributed by atoms with van der Waals surface area (Å²) in [6, 6.07) is 0. The second-order valence-electron chi connectivity index (χ2n) is 4.08. The molecule has 1 unspecified atom stereocenters. The summed E-state index contributed by atoms with van der Waals surface area (Å²) >= 11 is 0. The van der Waals surface area contributed by atoms with Gasteiger partial charge in [0.25, 0.3) is 0 Å². The second-order valence-corrected chi connectivity index (χ2v) is 4.08. The molecule has 0 aromatic carbocycles. The summed E-state index contributed by atoms with van der Waals surface area (Å²) < 4.78 is 0. The third-order valence-corrected chi connectivity index (χ3v) is 3.17. The number of rotatable bonds is 1. The van der Waals surface area contributed by atoms with Crippen LogP contribution in [0.2, 0.25) is 0 Å².